The first-order valence-electron chi connectivity index (χ1n) is 4.18. The predicted molar refractivity (Wildman–Crippen MR) is 46.3 cm³/mol. The van der Waals surface area contributed by atoms with Crippen LogP contribution in [0.2, 0.25) is 0 Å². The van der Waals surface area contributed by atoms with E-state index in [2.05, 4.69) is 10.2 Å². The Morgan fingerprint density at radius 1 is 1.31 bits per heavy atom. The molecule has 10 heteroatoms. The van der Waals surface area contributed by atoms with E-state index in [1.54, 1.807) is 0 Å². The van der Waals surface area contributed by atoms with Gasteiger partial charge in [0.1, 0.15) is 0 Å². The van der Waals surface area contributed by atoms with Gasteiger partial charge in [-0.25, -0.2) is 8.42 Å². The van der Waals surface area contributed by atoms with Gasteiger partial charge in [-0.15, -0.1) is 10.2 Å². The van der Waals surface area contributed by atoms with Gasteiger partial charge in [-0.2, -0.15) is 13.2 Å². The Balaban J connectivity index is 2.62. The number of halogens is 4. The number of rotatable bonds is 2. The average Bonchev–Trinajstić information content (AvgIpc) is 2.79. The minimum Gasteiger partial charge on any atom is -0.290 e. The zero-order valence-electron chi connectivity index (χ0n) is 7.57. The van der Waals surface area contributed by atoms with Crippen LogP contribution < -0.4 is 0 Å². The van der Waals surface area contributed by atoms with Crippen molar-refractivity contribution >= 4 is 19.7 Å². The first-order chi connectivity index (χ1) is 7.21. The molecule has 0 saturated heterocycles. The van der Waals surface area contributed by atoms with Crippen LogP contribution in [0.1, 0.15) is 24.7 Å². The van der Waals surface area contributed by atoms with Gasteiger partial charge in [0.25, 0.3) is 14.2 Å². The smallest absolute Gasteiger partial charge is 0.290 e. The third-order valence-electron chi connectivity index (χ3n) is 2.05. The fraction of sp³-hybridized carbons (Fsp3) is 0.667. The van der Waals surface area contributed by atoms with Gasteiger partial charge in [0.2, 0.25) is 5.82 Å². The van der Waals surface area contributed by atoms with Gasteiger partial charge in [-0.05, 0) is 12.8 Å². The van der Waals surface area contributed by atoms with E-state index in [0.717, 1.165) is 0 Å². The largest absolute Gasteiger partial charge is 0.451 e. The molecule has 0 aromatic carbocycles. The number of hydrogen-bond acceptors (Lipinski definition) is 4. The van der Waals surface area contributed by atoms with Crippen molar-refractivity contribution in [3.63, 3.8) is 0 Å². The molecule has 2 rings (SSSR count). The van der Waals surface area contributed by atoms with Crippen molar-refractivity contribution in [3.05, 3.63) is 5.82 Å². The second-order valence-electron chi connectivity index (χ2n) is 3.34. The summed E-state index contributed by atoms with van der Waals surface area (Å²) in [6.07, 6.45) is -3.82. The van der Waals surface area contributed by atoms with Gasteiger partial charge in [0.05, 0.1) is 0 Å². The maximum atomic E-state index is 12.5. The second-order valence-corrected chi connectivity index (χ2v) is 5.80. The summed E-state index contributed by atoms with van der Waals surface area (Å²) < 4.78 is 60.0. The summed E-state index contributed by atoms with van der Waals surface area (Å²) >= 11 is 0. The van der Waals surface area contributed by atoms with Gasteiger partial charge < -0.3 is 0 Å². The lowest BCUT2D eigenvalue weighted by molar-refractivity contribution is -0.147. The minimum absolute atomic E-state index is 0.459. The molecule has 1 aliphatic rings. The first kappa shape index (κ1) is 11.6. The number of alkyl halides is 3. The Morgan fingerprint density at radius 2 is 1.88 bits per heavy atom. The van der Waals surface area contributed by atoms with Crippen LogP contribution in [0.15, 0.2) is 5.16 Å². The summed E-state index contributed by atoms with van der Waals surface area (Å²) in [5.74, 6) is -1.32. The van der Waals surface area contributed by atoms with Crippen LogP contribution in [0.3, 0.4) is 0 Å². The maximum Gasteiger partial charge on any atom is 0.451 e. The zero-order valence-corrected chi connectivity index (χ0v) is 9.14. The van der Waals surface area contributed by atoms with Crippen molar-refractivity contribution in [3.8, 4) is 0 Å². The summed E-state index contributed by atoms with van der Waals surface area (Å²) in [6, 6.07) is -0.532. The fourth-order valence-electron chi connectivity index (χ4n) is 1.30. The molecule has 1 heterocycles. The Hall–Kier alpha value is -0.830. The van der Waals surface area contributed by atoms with Crippen LogP contribution in [0.4, 0.5) is 13.2 Å². The van der Waals surface area contributed by atoms with Gasteiger partial charge in [-0.3, -0.25) is 4.57 Å². The molecule has 0 N–H and O–H groups in total. The Kier molecular flexibility index (Phi) is 2.42. The highest BCUT2D eigenvalue weighted by atomic mass is 35.7. The van der Waals surface area contributed by atoms with E-state index in [4.69, 9.17) is 10.7 Å². The van der Waals surface area contributed by atoms with Gasteiger partial charge in [0, 0.05) is 16.7 Å². The molecule has 1 saturated carbocycles. The summed E-state index contributed by atoms with van der Waals surface area (Å²) in [5, 5.41) is 4.98. The standard InChI is InChI=1S/C6H5ClF3N3O2S/c7-16(14,15)5-12-11-4(6(8,9)10)13(5)3-1-2-3/h3H,1-2H2. The van der Waals surface area contributed by atoms with Crippen LogP contribution in [-0.2, 0) is 15.2 Å². The Bertz CT molecular complexity index is 520. The van der Waals surface area contributed by atoms with Crippen molar-refractivity contribution in [2.75, 3.05) is 0 Å². The molecular weight excluding hydrogens is 271 g/mol. The second kappa shape index (κ2) is 3.33. The number of nitrogens with zero attached hydrogens (tertiary/aromatic N) is 3. The molecule has 16 heavy (non-hydrogen) atoms. The normalized spacial score (nSPS) is 17.8. The van der Waals surface area contributed by atoms with Crippen molar-refractivity contribution in [1.82, 2.24) is 14.8 Å². The lowest BCUT2D eigenvalue weighted by Crippen LogP contribution is -2.16. The predicted octanol–water partition coefficient (Wildman–Crippen LogP) is 1.56. The topological polar surface area (TPSA) is 64.8 Å². The summed E-state index contributed by atoms with van der Waals surface area (Å²) in [7, 11) is 0.664. The quantitative estimate of drug-likeness (QED) is 0.768. The lowest BCUT2D eigenvalue weighted by atomic mass is 10.5. The van der Waals surface area contributed by atoms with E-state index < -0.39 is 32.2 Å². The highest BCUT2D eigenvalue weighted by Crippen LogP contribution is 2.41. The van der Waals surface area contributed by atoms with E-state index in [9.17, 15) is 21.6 Å². The van der Waals surface area contributed by atoms with Crippen molar-refractivity contribution in [2.45, 2.75) is 30.2 Å². The molecule has 1 aliphatic carbocycles. The molecule has 0 atom stereocenters. The third-order valence-corrected chi connectivity index (χ3v) is 3.18. The molecule has 0 aliphatic heterocycles. The van der Waals surface area contributed by atoms with E-state index >= 15 is 0 Å². The van der Waals surface area contributed by atoms with Crippen LogP contribution in [-0.4, -0.2) is 23.2 Å². The molecule has 1 fully saturated rings. The molecule has 0 spiro atoms. The molecule has 0 unspecified atom stereocenters. The first-order valence-corrected chi connectivity index (χ1v) is 6.49. The van der Waals surface area contributed by atoms with Gasteiger partial charge >= 0.3 is 6.18 Å². The third kappa shape index (κ3) is 2.01. The minimum atomic E-state index is -4.74. The van der Waals surface area contributed by atoms with Crippen LogP contribution in [0.25, 0.3) is 0 Å². The Labute approximate surface area is 92.6 Å². The van der Waals surface area contributed by atoms with Gasteiger partial charge in [0.15, 0.2) is 0 Å². The summed E-state index contributed by atoms with van der Waals surface area (Å²) in [6.45, 7) is 0. The van der Waals surface area contributed by atoms with Crippen LogP contribution >= 0.6 is 10.7 Å². The van der Waals surface area contributed by atoms with Crippen LogP contribution in [0.5, 0.6) is 0 Å². The van der Waals surface area contributed by atoms with E-state index in [1.165, 1.54) is 0 Å². The highest BCUT2D eigenvalue weighted by molar-refractivity contribution is 8.13. The Morgan fingerprint density at radius 3 is 2.25 bits per heavy atom. The van der Waals surface area contributed by atoms with E-state index in [1.807, 2.05) is 0 Å². The molecule has 5 nitrogen and oxygen atoms in total. The fourth-order valence-corrected chi connectivity index (χ4v) is 2.22. The SMILES string of the molecule is O=S(=O)(Cl)c1nnc(C(F)(F)F)n1C1CC1. The average molecular weight is 276 g/mol. The van der Waals surface area contributed by atoms with Crippen LogP contribution in [0, 0.1) is 0 Å². The van der Waals surface area contributed by atoms with Crippen molar-refractivity contribution in [1.29, 1.82) is 0 Å². The summed E-state index contributed by atoms with van der Waals surface area (Å²) in [5.41, 5.74) is 0. The molecule has 1 aromatic heterocycles. The van der Waals surface area contributed by atoms with Crippen molar-refractivity contribution in [2.24, 2.45) is 0 Å². The number of aromatic nitrogens is 3. The molecule has 0 bridgehead atoms. The molecular formula is C6H5ClF3N3O2S. The summed E-state index contributed by atoms with van der Waals surface area (Å²) in [4.78, 5) is 0. The van der Waals surface area contributed by atoms with E-state index in [-0.39, 0.29) is 0 Å². The molecule has 0 radical (unpaired) electrons. The van der Waals surface area contributed by atoms with E-state index in [0.29, 0.717) is 17.4 Å². The molecule has 1 aromatic rings. The molecule has 90 valence electrons. The maximum absolute atomic E-state index is 12.5. The molecule has 0 amide bonds. The zero-order chi connectivity index (χ0) is 12.1. The monoisotopic (exact) mass is 275 g/mol. The van der Waals surface area contributed by atoms with Crippen molar-refractivity contribution < 1.29 is 21.6 Å². The lowest BCUT2D eigenvalue weighted by Gasteiger charge is -2.08. The number of hydrogen-bond donors (Lipinski definition) is 0. The highest BCUT2D eigenvalue weighted by Gasteiger charge is 2.44. The van der Waals surface area contributed by atoms with Gasteiger partial charge in [-0.1, -0.05) is 0 Å².